The van der Waals surface area contributed by atoms with Crippen molar-refractivity contribution in [2.75, 3.05) is 33.4 Å². The molecule has 2 aromatic carbocycles. The molecule has 1 amide bonds. The number of carbonyl (C=O) groups excluding carboxylic acids is 2. The average molecular weight is 839 g/mol. The van der Waals surface area contributed by atoms with Crippen molar-refractivity contribution in [2.45, 2.75) is 85.6 Å². The van der Waals surface area contributed by atoms with E-state index in [0.717, 1.165) is 64.6 Å². The molecule has 0 aliphatic carbocycles. The first-order valence-electron chi connectivity index (χ1n) is 19.4. The smallest absolute Gasteiger partial charge is 0.303 e. The molecule has 0 saturated heterocycles. The van der Waals surface area contributed by atoms with Gasteiger partial charge in [-0.25, -0.2) is 0 Å². The van der Waals surface area contributed by atoms with Crippen LogP contribution in [0.15, 0.2) is 48.5 Å². The normalized spacial score (nSPS) is 10.9. The van der Waals surface area contributed by atoms with E-state index < -0.39 is 5.97 Å². The van der Waals surface area contributed by atoms with Crippen molar-refractivity contribution in [3.05, 3.63) is 92.0 Å². The number of hydrogen-bond donors (Lipinski definition) is 4. The van der Waals surface area contributed by atoms with Crippen LogP contribution >= 0.6 is 23.2 Å². The monoisotopic (exact) mass is 837 g/mol. The summed E-state index contributed by atoms with van der Waals surface area (Å²) in [5.41, 5.74) is 7.38. The molecule has 15 heteroatoms. The Morgan fingerprint density at radius 3 is 1.72 bits per heavy atom. The van der Waals surface area contributed by atoms with Crippen LogP contribution in [-0.2, 0) is 40.7 Å². The zero-order chi connectivity index (χ0) is 41.9. The molecule has 0 fully saturated rings. The summed E-state index contributed by atoms with van der Waals surface area (Å²) in [5.74, 6) is 0.0797. The lowest BCUT2D eigenvalue weighted by atomic mass is 9.92. The van der Waals surface area contributed by atoms with Gasteiger partial charge in [0, 0.05) is 44.1 Å². The first-order chi connectivity index (χ1) is 28.1. The van der Waals surface area contributed by atoms with Gasteiger partial charge in [-0.15, -0.1) is 0 Å². The van der Waals surface area contributed by atoms with Gasteiger partial charge in [0.05, 0.1) is 19.6 Å². The summed E-state index contributed by atoms with van der Waals surface area (Å²) in [6.45, 7) is 9.06. The molecule has 13 nitrogen and oxygen atoms in total. The lowest BCUT2D eigenvalue weighted by molar-refractivity contribution is -0.137. The lowest BCUT2D eigenvalue weighted by Gasteiger charge is -2.18. The Labute approximate surface area is 350 Å². The van der Waals surface area contributed by atoms with Gasteiger partial charge < -0.3 is 44.8 Å². The highest BCUT2D eigenvalue weighted by Gasteiger charge is 2.18. The van der Waals surface area contributed by atoms with Crippen LogP contribution < -0.4 is 34.9 Å². The summed E-state index contributed by atoms with van der Waals surface area (Å²) < 4.78 is 24.1. The number of carboxylic acid groups (broad SMARTS) is 1. The SMILES string of the molecule is CCCCNCc1cc(Cl)c(OCc2cccc(-c3cccc(COc4nc(OCCC=O)c(CNCCCC(=O)O)cc4Cl)c3C)c2C)nc1OCCC(=O)NC. The molecule has 58 heavy (non-hydrogen) atoms. The molecule has 4 rings (SSSR count). The fourth-order valence-electron chi connectivity index (χ4n) is 5.93. The van der Waals surface area contributed by atoms with Crippen molar-refractivity contribution in [3.63, 3.8) is 0 Å². The number of nitrogens with one attached hydrogen (secondary N) is 3. The van der Waals surface area contributed by atoms with E-state index in [9.17, 15) is 14.4 Å². The quantitative estimate of drug-likeness (QED) is 0.0362. The van der Waals surface area contributed by atoms with E-state index in [1.165, 1.54) is 0 Å². The second-order valence-electron chi connectivity index (χ2n) is 13.5. The molecule has 0 unspecified atom stereocenters. The van der Waals surface area contributed by atoms with Crippen LogP contribution in [-0.4, -0.2) is 66.6 Å². The van der Waals surface area contributed by atoms with Gasteiger partial charge in [0.1, 0.15) is 29.5 Å². The van der Waals surface area contributed by atoms with E-state index in [1.54, 1.807) is 19.2 Å². The number of aromatic nitrogens is 2. The summed E-state index contributed by atoms with van der Waals surface area (Å²) in [7, 11) is 1.58. The molecule has 312 valence electrons. The van der Waals surface area contributed by atoms with E-state index in [4.69, 9.17) is 47.3 Å². The minimum atomic E-state index is -0.856. The minimum absolute atomic E-state index is 0.0578. The van der Waals surface area contributed by atoms with Crippen molar-refractivity contribution in [1.82, 2.24) is 25.9 Å². The van der Waals surface area contributed by atoms with E-state index >= 15 is 0 Å². The Balaban J connectivity index is 1.49. The van der Waals surface area contributed by atoms with Crippen molar-refractivity contribution in [1.29, 1.82) is 0 Å². The van der Waals surface area contributed by atoms with Gasteiger partial charge in [-0.1, -0.05) is 72.9 Å². The number of aliphatic carboxylic acids is 1. The molecular weight excluding hydrogens is 785 g/mol. The second-order valence-corrected chi connectivity index (χ2v) is 14.3. The number of unbranched alkanes of at least 4 members (excludes halogenated alkanes) is 1. The van der Waals surface area contributed by atoms with Crippen molar-refractivity contribution in [2.24, 2.45) is 0 Å². The summed E-state index contributed by atoms with van der Waals surface area (Å²) in [6.07, 6.45) is 3.77. The number of benzene rings is 2. The highest BCUT2D eigenvalue weighted by atomic mass is 35.5. The Bertz CT molecular complexity index is 2000. The van der Waals surface area contributed by atoms with Gasteiger partial charge in [-0.2, -0.15) is 9.97 Å². The lowest BCUT2D eigenvalue weighted by Crippen LogP contribution is -2.21. The van der Waals surface area contributed by atoms with Gasteiger partial charge in [0.15, 0.2) is 0 Å². The number of amides is 1. The number of hydrogen-bond acceptors (Lipinski definition) is 11. The summed E-state index contributed by atoms with van der Waals surface area (Å²) in [4.78, 5) is 42.8. The fourth-order valence-corrected chi connectivity index (χ4v) is 6.39. The third kappa shape index (κ3) is 13.9. The number of carbonyl (C=O) groups is 3. The molecule has 4 N–H and O–H groups in total. The Hall–Kier alpha value is -4.95. The van der Waals surface area contributed by atoms with Gasteiger partial charge in [0.2, 0.25) is 29.4 Å². The largest absolute Gasteiger partial charge is 0.481 e. The number of nitrogens with zero attached hydrogens (tertiary/aromatic N) is 2. The van der Waals surface area contributed by atoms with Crippen LogP contribution in [0, 0.1) is 13.8 Å². The topological polar surface area (TPSA) is 170 Å². The second kappa shape index (κ2) is 24.1. The number of pyridine rings is 2. The molecular formula is C43H53Cl2N5O8. The van der Waals surface area contributed by atoms with Crippen molar-refractivity contribution >= 4 is 41.4 Å². The summed E-state index contributed by atoms with van der Waals surface area (Å²) >= 11 is 13.3. The predicted octanol–water partition coefficient (Wildman–Crippen LogP) is 7.55. The molecule has 0 saturated carbocycles. The highest BCUT2D eigenvalue weighted by Crippen LogP contribution is 2.34. The molecule has 0 aliphatic heterocycles. The Kier molecular flexibility index (Phi) is 19.0. The van der Waals surface area contributed by atoms with Crippen LogP contribution in [0.5, 0.6) is 23.5 Å². The molecule has 4 aromatic rings. The highest BCUT2D eigenvalue weighted by molar-refractivity contribution is 6.32. The van der Waals surface area contributed by atoms with Gasteiger partial charge in [-0.05, 0) is 85.3 Å². The molecule has 0 aliphatic rings. The first-order valence-corrected chi connectivity index (χ1v) is 20.2. The standard InChI is InChI=1S/C43H53Cl2N5O8/c1-5-6-17-47-24-33-23-37(45)43(50-41(33)56-21-16-38(52)46-4)58-27-31-12-8-14-35(29(31)3)34-13-7-11-30(28(34)2)26-57-42-36(44)22-32(25-48-18-9-15-39(53)54)40(49-42)55-20-10-19-51/h7-8,11-14,19,22-23,47-48H,5-6,9-10,15-18,20-21,24-27H2,1-4H3,(H,46,52)(H,53,54). The van der Waals surface area contributed by atoms with E-state index in [0.29, 0.717) is 42.5 Å². The van der Waals surface area contributed by atoms with E-state index in [1.807, 2.05) is 38.1 Å². The maximum Gasteiger partial charge on any atom is 0.303 e. The number of carboxylic acids is 1. The fraction of sp³-hybridized carbons (Fsp3) is 0.419. The Morgan fingerprint density at radius 1 is 0.724 bits per heavy atom. The first kappa shape index (κ1) is 45.7. The number of rotatable bonds is 26. The van der Waals surface area contributed by atoms with Gasteiger partial charge in [-0.3, -0.25) is 9.59 Å². The molecule has 0 spiro atoms. The van der Waals surface area contributed by atoms with Crippen LogP contribution in [0.25, 0.3) is 11.1 Å². The van der Waals surface area contributed by atoms with Crippen LogP contribution in [0.2, 0.25) is 10.0 Å². The van der Waals surface area contributed by atoms with Gasteiger partial charge >= 0.3 is 5.97 Å². The van der Waals surface area contributed by atoms with Crippen molar-refractivity contribution < 1.29 is 38.4 Å². The predicted molar refractivity (Wildman–Crippen MR) is 224 cm³/mol. The third-order valence-corrected chi connectivity index (χ3v) is 9.82. The number of ether oxygens (including phenoxy) is 4. The van der Waals surface area contributed by atoms with Crippen LogP contribution in [0.1, 0.15) is 78.8 Å². The average Bonchev–Trinajstić information content (AvgIpc) is 3.20. The third-order valence-electron chi connectivity index (χ3n) is 9.28. The van der Waals surface area contributed by atoms with E-state index in [2.05, 4.69) is 45.0 Å². The Morgan fingerprint density at radius 2 is 1.24 bits per heavy atom. The number of halogens is 2. The maximum atomic E-state index is 11.8. The number of aldehydes is 1. The summed E-state index contributed by atoms with van der Waals surface area (Å²) in [6, 6.07) is 15.6. The molecule has 2 aromatic heterocycles. The van der Waals surface area contributed by atoms with E-state index in [-0.39, 0.29) is 74.3 Å². The molecule has 0 radical (unpaired) electrons. The molecule has 2 heterocycles. The van der Waals surface area contributed by atoms with Gasteiger partial charge in [0.25, 0.3) is 0 Å². The molecule has 0 atom stereocenters. The maximum absolute atomic E-state index is 11.8. The zero-order valence-electron chi connectivity index (χ0n) is 33.6. The minimum Gasteiger partial charge on any atom is -0.481 e. The van der Waals surface area contributed by atoms with Crippen LogP contribution in [0.3, 0.4) is 0 Å². The summed E-state index contributed by atoms with van der Waals surface area (Å²) in [5, 5.41) is 18.7. The van der Waals surface area contributed by atoms with Crippen LogP contribution in [0.4, 0.5) is 0 Å². The zero-order valence-corrected chi connectivity index (χ0v) is 35.1. The molecule has 0 bridgehead atoms. The van der Waals surface area contributed by atoms with Crippen molar-refractivity contribution in [3.8, 4) is 34.6 Å².